The third kappa shape index (κ3) is 2.35. The van der Waals surface area contributed by atoms with Gasteiger partial charge in [0.15, 0.2) is 0 Å². The largest absolute Gasteiger partial charge is 0.396 e. The lowest BCUT2D eigenvalue weighted by molar-refractivity contribution is 0.287. The summed E-state index contributed by atoms with van der Waals surface area (Å²) in [6.45, 7) is 0.297. The lowest BCUT2D eigenvalue weighted by atomic mass is 10.0. The summed E-state index contributed by atoms with van der Waals surface area (Å²) in [7, 11) is 0. The van der Waals surface area contributed by atoms with Gasteiger partial charge < -0.3 is 5.11 Å². The number of rotatable bonds is 3. The van der Waals surface area contributed by atoms with Crippen molar-refractivity contribution >= 4 is 0 Å². The summed E-state index contributed by atoms with van der Waals surface area (Å²) in [4.78, 5) is 0. The van der Waals surface area contributed by atoms with E-state index in [0.717, 1.165) is 12.8 Å². The van der Waals surface area contributed by atoms with E-state index in [0.29, 0.717) is 6.61 Å². The summed E-state index contributed by atoms with van der Waals surface area (Å²) in [5.74, 6) is 1.32. The Kier molecular flexibility index (Phi) is 3.05. The fraction of sp³-hybridized carbons (Fsp3) is 0.375. The second-order valence-electron chi connectivity index (χ2n) is 2.12. The molecule has 49 valence electrons. The normalized spacial score (nSPS) is 21.0. The highest BCUT2D eigenvalue weighted by molar-refractivity contribution is 5.34. The first-order chi connectivity index (χ1) is 4.43. The van der Waals surface area contributed by atoms with Gasteiger partial charge in [0.1, 0.15) is 0 Å². The highest BCUT2D eigenvalue weighted by atomic mass is 16.2. The van der Waals surface area contributed by atoms with E-state index in [1.54, 1.807) is 0 Å². The number of hydrogen-bond donors (Lipinski definition) is 1. The van der Waals surface area contributed by atoms with Gasteiger partial charge in [-0.25, -0.2) is 0 Å². The lowest BCUT2D eigenvalue weighted by Gasteiger charge is -2.03. The molecule has 0 heterocycles. The first-order valence-electron chi connectivity index (χ1n) is 3.25. The maximum atomic E-state index is 8.47. The van der Waals surface area contributed by atoms with Gasteiger partial charge in [-0.05, 0) is 44.4 Å². The molecular weight excluding hydrogens is 112 g/mol. The highest BCUT2D eigenvalue weighted by Gasteiger charge is 2.15. The lowest BCUT2D eigenvalue weighted by Crippen LogP contribution is -1.93. The predicted molar refractivity (Wildman–Crippen MR) is 36.8 cm³/mol. The SMILES string of the molecule is OCCC[C]1[CH][CH][CH][CH]1. The molecule has 5 radical (unpaired) electrons. The Morgan fingerprint density at radius 1 is 1.22 bits per heavy atom. The molecule has 9 heavy (non-hydrogen) atoms. The summed E-state index contributed by atoms with van der Waals surface area (Å²) in [5, 5.41) is 8.47. The van der Waals surface area contributed by atoms with Crippen molar-refractivity contribution < 1.29 is 5.11 Å². The van der Waals surface area contributed by atoms with Gasteiger partial charge >= 0.3 is 0 Å². The molecule has 0 aromatic carbocycles. The third-order valence-corrected chi connectivity index (χ3v) is 1.36. The quantitative estimate of drug-likeness (QED) is 0.597. The standard InChI is InChI=1S/C8H11O/c9-7-3-6-8-4-1-2-5-8/h1-2,4-5,9H,3,6-7H2. The Labute approximate surface area is 57.1 Å². The zero-order valence-corrected chi connectivity index (χ0v) is 5.38. The van der Waals surface area contributed by atoms with Crippen molar-refractivity contribution in [1.29, 1.82) is 0 Å². The Bertz CT molecular complexity index is 65.0. The average molecular weight is 123 g/mol. The molecule has 1 aliphatic carbocycles. The fourth-order valence-electron chi connectivity index (χ4n) is 0.864. The van der Waals surface area contributed by atoms with E-state index in [1.807, 2.05) is 12.8 Å². The summed E-state index contributed by atoms with van der Waals surface area (Å²) < 4.78 is 0. The summed E-state index contributed by atoms with van der Waals surface area (Å²) >= 11 is 0. The molecule has 1 fully saturated rings. The van der Waals surface area contributed by atoms with Crippen LogP contribution in [0.2, 0.25) is 0 Å². The minimum absolute atomic E-state index is 0.297. The minimum atomic E-state index is 0.297. The summed E-state index contributed by atoms with van der Waals surface area (Å²) in [5.41, 5.74) is 0. The molecule has 0 spiro atoms. The van der Waals surface area contributed by atoms with Crippen LogP contribution in [0, 0.1) is 31.6 Å². The number of aliphatic hydroxyl groups excluding tert-OH is 1. The van der Waals surface area contributed by atoms with Crippen LogP contribution in [0.4, 0.5) is 0 Å². The molecule has 1 saturated carbocycles. The van der Waals surface area contributed by atoms with Crippen molar-refractivity contribution in [2.24, 2.45) is 0 Å². The Hall–Kier alpha value is -0.0400. The zero-order chi connectivity index (χ0) is 6.53. The second-order valence-corrected chi connectivity index (χ2v) is 2.12. The van der Waals surface area contributed by atoms with Crippen molar-refractivity contribution in [3.63, 3.8) is 0 Å². The van der Waals surface area contributed by atoms with E-state index >= 15 is 0 Å². The molecular formula is C8H11O. The topological polar surface area (TPSA) is 20.2 Å². The van der Waals surface area contributed by atoms with Crippen molar-refractivity contribution in [3.8, 4) is 0 Å². The average Bonchev–Trinajstić information content (AvgIpc) is 2.34. The Morgan fingerprint density at radius 3 is 2.44 bits per heavy atom. The van der Waals surface area contributed by atoms with Crippen LogP contribution >= 0.6 is 0 Å². The molecule has 0 unspecified atom stereocenters. The van der Waals surface area contributed by atoms with Crippen LogP contribution < -0.4 is 0 Å². The van der Waals surface area contributed by atoms with E-state index < -0.39 is 0 Å². The molecule has 1 aliphatic rings. The van der Waals surface area contributed by atoms with Crippen LogP contribution in [0.25, 0.3) is 0 Å². The number of hydrogen-bond acceptors (Lipinski definition) is 1. The Balaban J connectivity index is 1.98. The van der Waals surface area contributed by atoms with Gasteiger partial charge in [-0.1, -0.05) is 0 Å². The van der Waals surface area contributed by atoms with Crippen molar-refractivity contribution in [3.05, 3.63) is 31.6 Å². The van der Waals surface area contributed by atoms with Gasteiger partial charge in [0.05, 0.1) is 0 Å². The van der Waals surface area contributed by atoms with Crippen LogP contribution in [0.5, 0.6) is 0 Å². The van der Waals surface area contributed by atoms with Crippen LogP contribution in [-0.4, -0.2) is 11.7 Å². The van der Waals surface area contributed by atoms with Crippen LogP contribution in [0.3, 0.4) is 0 Å². The van der Waals surface area contributed by atoms with Crippen LogP contribution in [0.1, 0.15) is 12.8 Å². The smallest absolute Gasteiger partial charge is 0.0431 e. The van der Waals surface area contributed by atoms with Crippen molar-refractivity contribution in [2.75, 3.05) is 6.61 Å². The van der Waals surface area contributed by atoms with Crippen LogP contribution in [0.15, 0.2) is 0 Å². The summed E-state index contributed by atoms with van der Waals surface area (Å²) in [6, 6.07) is 0. The van der Waals surface area contributed by atoms with Gasteiger partial charge in [-0.2, -0.15) is 0 Å². The Morgan fingerprint density at radius 2 is 1.89 bits per heavy atom. The second kappa shape index (κ2) is 3.89. The molecule has 0 aromatic heterocycles. The third-order valence-electron chi connectivity index (χ3n) is 1.36. The maximum Gasteiger partial charge on any atom is 0.0431 e. The van der Waals surface area contributed by atoms with Gasteiger partial charge in [0.2, 0.25) is 0 Å². The highest BCUT2D eigenvalue weighted by Crippen LogP contribution is 2.26. The first kappa shape index (κ1) is 7.07. The van der Waals surface area contributed by atoms with Gasteiger partial charge in [-0.3, -0.25) is 0 Å². The monoisotopic (exact) mass is 123 g/mol. The molecule has 0 bridgehead atoms. The minimum Gasteiger partial charge on any atom is -0.396 e. The van der Waals surface area contributed by atoms with Crippen molar-refractivity contribution in [1.82, 2.24) is 0 Å². The van der Waals surface area contributed by atoms with E-state index in [4.69, 9.17) is 5.11 Å². The number of aliphatic hydroxyl groups is 1. The first-order valence-corrected chi connectivity index (χ1v) is 3.25. The molecule has 0 saturated heterocycles. The van der Waals surface area contributed by atoms with Gasteiger partial charge in [0.25, 0.3) is 0 Å². The van der Waals surface area contributed by atoms with Crippen molar-refractivity contribution in [2.45, 2.75) is 12.8 Å². The molecule has 0 amide bonds. The predicted octanol–water partition coefficient (Wildman–Crippen LogP) is 1.16. The van der Waals surface area contributed by atoms with E-state index in [2.05, 4.69) is 12.8 Å². The summed E-state index contributed by atoms with van der Waals surface area (Å²) in [6.07, 6.45) is 10.1. The van der Waals surface area contributed by atoms with E-state index in [1.165, 1.54) is 5.92 Å². The maximum absolute atomic E-state index is 8.47. The molecule has 1 N–H and O–H groups in total. The molecule has 0 aromatic rings. The molecule has 1 rings (SSSR count). The molecule has 1 nitrogen and oxygen atoms in total. The fourth-order valence-corrected chi connectivity index (χ4v) is 0.864. The van der Waals surface area contributed by atoms with E-state index in [-0.39, 0.29) is 0 Å². The molecule has 1 heteroatoms. The van der Waals surface area contributed by atoms with Crippen LogP contribution in [-0.2, 0) is 0 Å². The molecule has 0 atom stereocenters. The molecule has 0 aliphatic heterocycles. The van der Waals surface area contributed by atoms with Gasteiger partial charge in [-0.15, -0.1) is 0 Å². The van der Waals surface area contributed by atoms with Gasteiger partial charge in [0, 0.05) is 6.61 Å². The van der Waals surface area contributed by atoms with E-state index in [9.17, 15) is 0 Å². The zero-order valence-electron chi connectivity index (χ0n) is 5.38.